The maximum Gasteiger partial charge on any atom is 0.119 e. The molecule has 0 saturated carbocycles. The summed E-state index contributed by atoms with van der Waals surface area (Å²) in [5, 5.41) is 3.38. The van der Waals surface area contributed by atoms with Crippen LogP contribution in [0.2, 0.25) is 0 Å². The van der Waals surface area contributed by atoms with Crippen molar-refractivity contribution in [3.05, 3.63) is 29.8 Å². The standard InChI is InChI=1S/C17H26N2O/c1-4-11-18-15-16-7-9-17(10-8-16)20-14-13-19(6-3)12-5-2/h2,7-10,18H,4,6,11-15H2,1,3H3. The molecule has 0 fully saturated rings. The highest BCUT2D eigenvalue weighted by molar-refractivity contribution is 5.27. The van der Waals surface area contributed by atoms with Crippen molar-refractivity contribution in [1.82, 2.24) is 10.2 Å². The number of nitrogens with one attached hydrogen (secondary N) is 1. The van der Waals surface area contributed by atoms with Crippen LogP contribution in [0.1, 0.15) is 25.8 Å². The Bertz CT molecular complexity index is 394. The number of likely N-dealkylation sites (N-methyl/N-ethyl adjacent to an activating group) is 1. The fourth-order valence-corrected chi connectivity index (χ4v) is 1.88. The summed E-state index contributed by atoms with van der Waals surface area (Å²) in [4.78, 5) is 2.18. The third-order valence-corrected chi connectivity index (χ3v) is 3.12. The van der Waals surface area contributed by atoms with Crippen LogP contribution < -0.4 is 10.1 Å². The zero-order valence-corrected chi connectivity index (χ0v) is 12.7. The van der Waals surface area contributed by atoms with E-state index in [9.17, 15) is 0 Å². The van der Waals surface area contributed by atoms with Crippen LogP contribution in [0.4, 0.5) is 0 Å². The normalized spacial score (nSPS) is 10.5. The Morgan fingerprint density at radius 2 is 2.00 bits per heavy atom. The highest BCUT2D eigenvalue weighted by Gasteiger charge is 2.01. The van der Waals surface area contributed by atoms with Crippen LogP contribution >= 0.6 is 0 Å². The predicted octanol–water partition coefficient (Wildman–Crippen LogP) is 2.52. The number of nitrogens with zero attached hydrogens (tertiary/aromatic N) is 1. The lowest BCUT2D eigenvalue weighted by atomic mass is 10.2. The van der Waals surface area contributed by atoms with Crippen LogP contribution in [-0.2, 0) is 6.54 Å². The predicted molar refractivity (Wildman–Crippen MR) is 84.9 cm³/mol. The number of hydrogen-bond acceptors (Lipinski definition) is 3. The van der Waals surface area contributed by atoms with Gasteiger partial charge in [0.05, 0.1) is 6.54 Å². The van der Waals surface area contributed by atoms with E-state index in [0.717, 1.165) is 38.3 Å². The van der Waals surface area contributed by atoms with Crippen molar-refractivity contribution in [3.8, 4) is 18.1 Å². The van der Waals surface area contributed by atoms with E-state index < -0.39 is 0 Å². The number of hydrogen-bond donors (Lipinski definition) is 1. The molecule has 20 heavy (non-hydrogen) atoms. The van der Waals surface area contributed by atoms with Crippen LogP contribution in [0.5, 0.6) is 5.75 Å². The molecule has 0 spiro atoms. The van der Waals surface area contributed by atoms with E-state index in [1.54, 1.807) is 0 Å². The van der Waals surface area contributed by atoms with Gasteiger partial charge in [-0.25, -0.2) is 0 Å². The third-order valence-electron chi connectivity index (χ3n) is 3.12. The summed E-state index contributed by atoms with van der Waals surface area (Å²) in [6.45, 7) is 9.42. The second-order valence-electron chi connectivity index (χ2n) is 4.74. The summed E-state index contributed by atoms with van der Waals surface area (Å²) >= 11 is 0. The van der Waals surface area contributed by atoms with Gasteiger partial charge in [0.15, 0.2) is 0 Å². The lowest BCUT2D eigenvalue weighted by molar-refractivity contribution is 0.231. The largest absolute Gasteiger partial charge is 0.492 e. The molecule has 0 saturated heterocycles. The zero-order valence-electron chi connectivity index (χ0n) is 12.7. The summed E-state index contributed by atoms with van der Waals surface area (Å²) in [5.41, 5.74) is 1.29. The molecular formula is C17H26N2O. The monoisotopic (exact) mass is 274 g/mol. The molecule has 110 valence electrons. The molecule has 0 aliphatic rings. The molecule has 0 heterocycles. The van der Waals surface area contributed by atoms with Crippen molar-refractivity contribution in [2.75, 3.05) is 32.8 Å². The van der Waals surface area contributed by atoms with E-state index in [1.807, 2.05) is 12.1 Å². The summed E-state index contributed by atoms with van der Waals surface area (Å²) in [6, 6.07) is 8.27. The average Bonchev–Trinajstić information content (AvgIpc) is 2.48. The van der Waals surface area contributed by atoms with E-state index in [-0.39, 0.29) is 0 Å². The molecule has 1 rings (SSSR count). The Balaban J connectivity index is 2.29. The fourth-order valence-electron chi connectivity index (χ4n) is 1.88. The smallest absolute Gasteiger partial charge is 0.119 e. The molecule has 3 heteroatoms. The van der Waals surface area contributed by atoms with Crippen LogP contribution in [0.3, 0.4) is 0 Å². The molecule has 1 aromatic rings. The quantitative estimate of drug-likeness (QED) is 0.524. The SMILES string of the molecule is C#CCN(CC)CCOc1ccc(CNCCC)cc1. The Labute approximate surface area is 123 Å². The number of terminal acetylenes is 1. The summed E-state index contributed by atoms with van der Waals surface area (Å²) in [5.74, 6) is 3.58. The van der Waals surface area contributed by atoms with Crippen molar-refractivity contribution in [2.45, 2.75) is 26.8 Å². The van der Waals surface area contributed by atoms with E-state index in [2.05, 4.69) is 42.1 Å². The van der Waals surface area contributed by atoms with Gasteiger partial charge in [0, 0.05) is 13.1 Å². The minimum atomic E-state index is 0.670. The molecule has 0 radical (unpaired) electrons. The molecule has 3 nitrogen and oxygen atoms in total. The van der Waals surface area contributed by atoms with Gasteiger partial charge in [0.1, 0.15) is 12.4 Å². The van der Waals surface area contributed by atoms with Crippen molar-refractivity contribution >= 4 is 0 Å². The first kappa shape index (κ1) is 16.6. The van der Waals surface area contributed by atoms with Crippen LogP contribution in [0, 0.1) is 12.3 Å². The Morgan fingerprint density at radius 3 is 2.60 bits per heavy atom. The van der Waals surface area contributed by atoms with Gasteiger partial charge in [-0.1, -0.05) is 31.9 Å². The zero-order chi connectivity index (χ0) is 14.6. The molecule has 0 amide bonds. The molecule has 0 bridgehead atoms. The topological polar surface area (TPSA) is 24.5 Å². The van der Waals surface area contributed by atoms with Crippen molar-refractivity contribution < 1.29 is 4.74 Å². The van der Waals surface area contributed by atoms with Gasteiger partial charge in [-0.2, -0.15) is 0 Å². The number of benzene rings is 1. The first-order valence-corrected chi connectivity index (χ1v) is 7.38. The van der Waals surface area contributed by atoms with Crippen LogP contribution in [0.25, 0.3) is 0 Å². The Kier molecular flexibility index (Phi) is 8.53. The fraction of sp³-hybridized carbons (Fsp3) is 0.529. The van der Waals surface area contributed by atoms with Crippen LogP contribution in [0.15, 0.2) is 24.3 Å². The maximum absolute atomic E-state index is 5.73. The highest BCUT2D eigenvalue weighted by atomic mass is 16.5. The van der Waals surface area contributed by atoms with Gasteiger partial charge < -0.3 is 10.1 Å². The van der Waals surface area contributed by atoms with E-state index in [4.69, 9.17) is 11.2 Å². The average molecular weight is 274 g/mol. The lowest BCUT2D eigenvalue weighted by Crippen LogP contribution is -2.28. The number of ether oxygens (including phenoxy) is 1. The second-order valence-corrected chi connectivity index (χ2v) is 4.74. The van der Waals surface area contributed by atoms with Gasteiger partial charge in [-0.05, 0) is 37.2 Å². The lowest BCUT2D eigenvalue weighted by Gasteiger charge is -2.17. The van der Waals surface area contributed by atoms with Crippen LogP contribution in [-0.4, -0.2) is 37.7 Å². The molecular weight excluding hydrogens is 248 g/mol. The summed E-state index contributed by atoms with van der Waals surface area (Å²) in [7, 11) is 0. The third kappa shape index (κ3) is 6.60. The van der Waals surface area contributed by atoms with Gasteiger partial charge in [-0.3, -0.25) is 4.90 Å². The van der Waals surface area contributed by atoms with Crippen molar-refractivity contribution in [2.24, 2.45) is 0 Å². The molecule has 1 aromatic carbocycles. The van der Waals surface area contributed by atoms with Crippen molar-refractivity contribution in [1.29, 1.82) is 0 Å². The minimum absolute atomic E-state index is 0.670. The van der Waals surface area contributed by atoms with Gasteiger partial charge in [-0.15, -0.1) is 6.42 Å². The first-order valence-electron chi connectivity index (χ1n) is 7.38. The molecule has 0 aliphatic heterocycles. The first-order chi connectivity index (χ1) is 9.80. The molecule has 0 unspecified atom stereocenters. The molecule has 0 atom stereocenters. The maximum atomic E-state index is 5.73. The van der Waals surface area contributed by atoms with E-state index in [1.165, 1.54) is 5.56 Å². The van der Waals surface area contributed by atoms with Crippen molar-refractivity contribution in [3.63, 3.8) is 0 Å². The summed E-state index contributed by atoms with van der Waals surface area (Å²) < 4.78 is 5.73. The van der Waals surface area contributed by atoms with Gasteiger partial charge in [0.25, 0.3) is 0 Å². The molecule has 0 aliphatic carbocycles. The minimum Gasteiger partial charge on any atom is -0.492 e. The van der Waals surface area contributed by atoms with Gasteiger partial charge >= 0.3 is 0 Å². The molecule has 0 aromatic heterocycles. The second kappa shape index (κ2) is 10.3. The highest BCUT2D eigenvalue weighted by Crippen LogP contribution is 2.12. The number of rotatable bonds is 10. The summed E-state index contributed by atoms with van der Waals surface area (Å²) in [6.07, 6.45) is 6.48. The van der Waals surface area contributed by atoms with Gasteiger partial charge in [0.2, 0.25) is 0 Å². The van der Waals surface area contributed by atoms with E-state index in [0.29, 0.717) is 13.2 Å². The van der Waals surface area contributed by atoms with E-state index >= 15 is 0 Å². The Hall–Kier alpha value is -1.50. The molecule has 1 N–H and O–H groups in total. The Morgan fingerprint density at radius 1 is 1.25 bits per heavy atom.